The smallest absolute Gasteiger partial charge is 0.183 e. The third-order valence-electron chi connectivity index (χ3n) is 2.34. The Morgan fingerprint density at radius 1 is 1.26 bits per heavy atom. The first kappa shape index (κ1) is 12.3. The summed E-state index contributed by atoms with van der Waals surface area (Å²) >= 11 is 4.89. The summed E-state index contributed by atoms with van der Waals surface area (Å²) in [6.07, 6.45) is 1.47. The van der Waals surface area contributed by atoms with Gasteiger partial charge in [-0.3, -0.25) is 5.10 Å². The lowest BCUT2D eigenvalue weighted by atomic mass is 10.3. The van der Waals surface area contributed by atoms with E-state index in [-0.39, 0.29) is 0 Å². The average Bonchev–Trinajstić information content (AvgIpc) is 3.08. The number of benzene rings is 1. The van der Waals surface area contributed by atoms with E-state index in [1.807, 2.05) is 24.3 Å². The van der Waals surface area contributed by atoms with Crippen molar-refractivity contribution < 1.29 is 0 Å². The summed E-state index contributed by atoms with van der Waals surface area (Å²) in [5.74, 6) is 1.36. The molecule has 2 aromatic heterocycles. The van der Waals surface area contributed by atoms with Gasteiger partial charge >= 0.3 is 0 Å². The zero-order valence-corrected chi connectivity index (χ0v) is 12.0. The highest BCUT2D eigenvalue weighted by molar-refractivity contribution is 9.10. The van der Waals surface area contributed by atoms with E-state index in [0.29, 0.717) is 5.75 Å². The van der Waals surface area contributed by atoms with Crippen molar-refractivity contribution in [3.05, 3.63) is 40.9 Å². The molecule has 2 heterocycles. The Kier molecular flexibility index (Phi) is 3.56. The molecule has 0 aliphatic rings. The van der Waals surface area contributed by atoms with E-state index in [2.05, 4.69) is 46.6 Å². The molecule has 0 fully saturated rings. The number of H-pyrrole nitrogens is 1. The minimum atomic E-state index is 0.609. The molecular weight excluding hydrogens is 330 g/mol. The number of hydrogen-bond donors (Lipinski definition) is 1. The van der Waals surface area contributed by atoms with E-state index >= 15 is 0 Å². The van der Waals surface area contributed by atoms with Gasteiger partial charge in [0.1, 0.15) is 6.33 Å². The van der Waals surface area contributed by atoms with Gasteiger partial charge in [0.05, 0.1) is 11.4 Å². The molecule has 0 saturated carbocycles. The van der Waals surface area contributed by atoms with Crippen molar-refractivity contribution in [2.75, 3.05) is 0 Å². The Bertz CT molecular complexity index is 649. The highest BCUT2D eigenvalue weighted by atomic mass is 79.9. The van der Waals surface area contributed by atoms with Gasteiger partial charge in [0.25, 0.3) is 0 Å². The topological polar surface area (TPSA) is 85.2 Å². The van der Waals surface area contributed by atoms with Gasteiger partial charge < -0.3 is 0 Å². The molecule has 1 aromatic carbocycles. The molecule has 9 heteroatoms. The second-order valence-corrected chi connectivity index (χ2v) is 5.44. The summed E-state index contributed by atoms with van der Waals surface area (Å²) in [6.45, 7) is 0. The number of rotatable bonds is 4. The minimum Gasteiger partial charge on any atom is -0.254 e. The van der Waals surface area contributed by atoms with Crippen LogP contribution < -0.4 is 0 Å². The highest BCUT2D eigenvalue weighted by Gasteiger charge is 2.09. The molecule has 0 unspecified atom stereocenters. The van der Waals surface area contributed by atoms with Gasteiger partial charge in [-0.25, -0.2) is 4.98 Å². The second-order valence-electron chi connectivity index (χ2n) is 3.56. The molecule has 0 radical (unpaired) electrons. The predicted octanol–water partition coefficient (Wildman–Crippen LogP) is 1.84. The van der Waals surface area contributed by atoms with Crippen LogP contribution in [0, 0.1) is 0 Å². The Morgan fingerprint density at radius 3 is 2.84 bits per heavy atom. The van der Waals surface area contributed by atoms with Crippen LogP contribution in [0.5, 0.6) is 0 Å². The summed E-state index contributed by atoms with van der Waals surface area (Å²) in [7, 11) is 0. The van der Waals surface area contributed by atoms with E-state index in [9.17, 15) is 0 Å². The fraction of sp³-hybridized carbons (Fsp3) is 0.100. The van der Waals surface area contributed by atoms with E-state index in [0.717, 1.165) is 21.1 Å². The average molecular weight is 338 g/mol. The number of nitrogens with zero attached hydrogens (tertiary/aromatic N) is 6. The monoisotopic (exact) mass is 337 g/mol. The summed E-state index contributed by atoms with van der Waals surface area (Å²) in [6, 6.07) is 7.79. The van der Waals surface area contributed by atoms with Crippen LogP contribution in [-0.4, -0.2) is 35.4 Å². The quantitative estimate of drug-likeness (QED) is 0.731. The maximum atomic E-state index is 4.04. The number of aromatic amines is 1. The van der Waals surface area contributed by atoms with Crippen LogP contribution in [0.1, 0.15) is 5.82 Å². The molecule has 0 atom stereocenters. The van der Waals surface area contributed by atoms with E-state index in [1.54, 1.807) is 4.68 Å². The van der Waals surface area contributed by atoms with Crippen molar-refractivity contribution in [3.8, 4) is 5.69 Å². The number of thioether (sulfide) groups is 1. The number of nitrogens with one attached hydrogen (secondary N) is 1. The molecule has 3 aromatic rings. The SMILES string of the molecule is Brc1ccc(-n2nnnc2CSc2ncn[nH]2)cc1. The van der Waals surface area contributed by atoms with E-state index in [4.69, 9.17) is 0 Å². The highest BCUT2D eigenvalue weighted by Crippen LogP contribution is 2.19. The Morgan fingerprint density at radius 2 is 2.11 bits per heavy atom. The van der Waals surface area contributed by atoms with Gasteiger partial charge in [0, 0.05) is 4.47 Å². The normalized spacial score (nSPS) is 10.8. The van der Waals surface area contributed by atoms with Crippen molar-refractivity contribution >= 4 is 27.7 Å². The van der Waals surface area contributed by atoms with Crippen molar-refractivity contribution in [2.45, 2.75) is 10.9 Å². The molecule has 0 aliphatic heterocycles. The second kappa shape index (κ2) is 5.49. The van der Waals surface area contributed by atoms with Gasteiger partial charge in [0.2, 0.25) is 0 Å². The van der Waals surface area contributed by atoms with Gasteiger partial charge in [-0.2, -0.15) is 9.78 Å². The summed E-state index contributed by atoms with van der Waals surface area (Å²) in [4.78, 5) is 4.04. The molecule has 0 aliphatic carbocycles. The Labute approximate surface area is 121 Å². The number of aromatic nitrogens is 7. The van der Waals surface area contributed by atoms with Crippen LogP contribution in [-0.2, 0) is 5.75 Å². The summed E-state index contributed by atoms with van der Waals surface area (Å²) in [5, 5.41) is 19.0. The zero-order valence-electron chi connectivity index (χ0n) is 9.56. The van der Waals surface area contributed by atoms with E-state index < -0.39 is 0 Å². The largest absolute Gasteiger partial charge is 0.254 e. The fourth-order valence-electron chi connectivity index (χ4n) is 1.48. The van der Waals surface area contributed by atoms with Crippen molar-refractivity contribution in [3.63, 3.8) is 0 Å². The molecule has 3 rings (SSSR count). The standard InChI is InChI=1S/C10H8BrN7S/c11-7-1-3-8(4-2-7)18-9(14-16-17-18)5-19-10-12-6-13-15-10/h1-4,6H,5H2,(H,12,13,15). The molecule has 19 heavy (non-hydrogen) atoms. The van der Waals surface area contributed by atoms with Gasteiger partial charge in [0.15, 0.2) is 11.0 Å². The maximum absolute atomic E-state index is 4.04. The number of halogens is 1. The first-order chi connectivity index (χ1) is 9.33. The third kappa shape index (κ3) is 2.82. The van der Waals surface area contributed by atoms with Crippen molar-refractivity contribution in [1.29, 1.82) is 0 Å². The predicted molar refractivity (Wildman–Crippen MR) is 72.8 cm³/mol. The van der Waals surface area contributed by atoms with Crippen molar-refractivity contribution in [2.24, 2.45) is 0 Å². The summed E-state index contributed by atoms with van der Waals surface area (Å²) in [5.41, 5.74) is 0.918. The van der Waals surface area contributed by atoms with Crippen LogP contribution in [0.25, 0.3) is 5.69 Å². The summed E-state index contributed by atoms with van der Waals surface area (Å²) < 4.78 is 2.72. The lowest BCUT2D eigenvalue weighted by Crippen LogP contribution is -2.02. The Balaban J connectivity index is 1.80. The molecule has 0 amide bonds. The first-order valence-corrected chi connectivity index (χ1v) is 7.12. The third-order valence-corrected chi connectivity index (χ3v) is 3.74. The molecule has 0 spiro atoms. The fourth-order valence-corrected chi connectivity index (χ4v) is 2.42. The number of hydrogen-bond acceptors (Lipinski definition) is 6. The van der Waals surface area contributed by atoms with Gasteiger partial charge in [-0.1, -0.05) is 27.7 Å². The molecule has 1 N–H and O–H groups in total. The van der Waals surface area contributed by atoms with E-state index in [1.165, 1.54) is 18.1 Å². The molecule has 7 nitrogen and oxygen atoms in total. The van der Waals surface area contributed by atoms with Crippen LogP contribution in [0.3, 0.4) is 0 Å². The van der Waals surface area contributed by atoms with Crippen LogP contribution >= 0.6 is 27.7 Å². The molecule has 0 bridgehead atoms. The van der Waals surface area contributed by atoms with Crippen LogP contribution in [0.4, 0.5) is 0 Å². The van der Waals surface area contributed by atoms with Crippen LogP contribution in [0.15, 0.2) is 40.2 Å². The lowest BCUT2D eigenvalue weighted by Gasteiger charge is -2.03. The Hall–Kier alpha value is -1.74. The first-order valence-electron chi connectivity index (χ1n) is 5.34. The minimum absolute atomic E-state index is 0.609. The maximum Gasteiger partial charge on any atom is 0.183 e. The van der Waals surface area contributed by atoms with Crippen molar-refractivity contribution in [1.82, 2.24) is 35.4 Å². The zero-order chi connectivity index (χ0) is 13.1. The lowest BCUT2D eigenvalue weighted by molar-refractivity contribution is 0.777. The molecule has 96 valence electrons. The molecular formula is C10H8BrN7S. The molecule has 0 saturated heterocycles. The van der Waals surface area contributed by atoms with Gasteiger partial charge in [-0.05, 0) is 34.7 Å². The number of tetrazole rings is 1. The van der Waals surface area contributed by atoms with Gasteiger partial charge in [-0.15, -0.1) is 5.10 Å². The van der Waals surface area contributed by atoms with Crippen LogP contribution in [0.2, 0.25) is 0 Å².